The molecule has 0 saturated heterocycles. The van der Waals surface area contributed by atoms with E-state index in [1.165, 1.54) is 39.6 Å². The summed E-state index contributed by atoms with van der Waals surface area (Å²) in [5.41, 5.74) is 5.26. The van der Waals surface area contributed by atoms with Gasteiger partial charge in [0.05, 0.1) is 12.1 Å². The van der Waals surface area contributed by atoms with Crippen molar-refractivity contribution in [1.29, 1.82) is 0 Å². The molecule has 5 rings (SSSR count). The molecule has 3 nitrogen and oxygen atoms in total. The number of Topliss-reactive ketones (excluding diaryl/α,β-unsaturated/α-hetero) is 1. The average molecular weight is 519 g/mol. The molecule has 0 radical (unpaired) electrons. The van der Waals surface area contributed by atoms with Gasteiger partial charge in [0.15, 0.2) is 0 Å². The molecule has 37 heavy (non-hydrogen) atoms. The summed E-state index contributed by atoms with van der Waals surface area (Å²) in [6.45, 7) is 4.47. The highest BCUT2D eigenvalue weighted by molar-refractivity contribution is 8.06. The number of rotatable bonds is 6. The fourth-order valence-electron chi connectivity index (χ4n) is 5.25. The summed E-state index contributed by atoms with van der Waals surface area (Å²) in [6.07, 6.45) is 9.11. The average Bonchev–Trinajstić information content (AvgIpc) is 3.13. The van der Waals surface area contributed by atoms with Crippen LogP contribution in [0.5, 0.6) is 0 Å². The topological polar surface area (TPSA) is 34.9 Å². The van der Waals surface area contributed by atoms with Crippen LogP contribution in [0.4, 0.5) is 8.78 Å². The Bertz CT molecular complexity index is 1350. The Morgan fingerprint density at radius 2 is 1.62 bits per heavy atom. The molecule has 1 aliphatic carbocycles. The largest absolute Gasteiger partial charge is 0.303 e. The molecule has 1 unspecified atom stereocenters. The molecule has 1 atom stereocenters. The molecule has 2 aromatic carbocycles. The molecule has 0 fully saturated rings. The third kappa shape index (κ3) is 6.12. The molecular weight excluding hydrogens is 486 g/mol. The molecule has 2 heterocycles. The molecule has 0 bridgehead atoms. The number of hydrogen-bond donors (Lipinski definition) is 0. The van der Waals surface area contributed by atoms with Crippen LogP contribution < -0.4 is 0 Å². The Morgan fingerprint density at radius 3 is 2.35 bits per heavy atom. The lowest BCUT2D eigenvalue weighted by molar-refractivity contribution is -0.119. The fraction of sp³-hybridized carbons (Fsp3) is 0.355. The normalized spacial score (nSPS) is 18.4. The van der Waals surface area contributed by atoms with Gasteiger partial charge in [0.25, 0.3) is 0 Å². The summed E-state index contributed by atoms with van der Waals surface area (Å²) in [6, 6.07) is 12.3. The Labute approximate surface area is 221 Å². The van der Waals surface area contributed by atoms with Gasteiger partial charge in [-0.3, -0.25) is 4.79 Å². The van der Waals surface area contributed by atoms with Gasteiger partial charge < -0.3 is 4.57 Å². The summed E-state index contributed by atoms with van der Waals surface area (Å²) in [7, 11) is 0. The van der Waals surface area contributed by atoms with E-state index in [0.717, 1.165) is 49.8 Å². The number of carbonyl (C=O) groups excluding carboxylic acids is 1. The highest BCUT2D eigenvalue weighted by Gasteiger charge is 2.24. The van der Waals surface area contributed by atoms with Crippen molar-refractivity contribution in [2.75, 3.05) is 0 Å². The maximum Gasteiger partial charge on any atom is 0.140 e. The maximum atomic E-state index is 13.6. The zero-order valence-corrected chi connectivity index (χ0v) is 22.2. The third-order valence-electron chi connectivity index (χ3n) is 7.60. The predicted molar refractivity (Wildman–Crippen MR) is 146 cm³/mol. The Morgan fingerprint density at radius 1 is 0.946 bits per heavy atom. The molecule has 0 saturated carbocycles. The lowest BCUT2D eigenvalue weighted by atomic mass is 9.92. The van der Waals surface area contributed by atoms with Crippen molar-refractivity contribution >= 4 is 17.5 Å². The summed E-state index contributed by atoms with van der Waals surface area (Å²) in [5, 5.41) is 0. The van der Waals surface area contributed by atoms with E-state index in [1.807, 2.05) is 22.5 Å². The van der Waals surface area contributed by atoms with E-state index in [9.17, 15) is 13.6 Å². The van der Waals surface area contributed by atoms with Crippen molar-refractivity contribution in [3.8, 4) is 16.9 Å². The number of thioether (sulfide) groups is 1. The summed E-state index contributed by atoms with van der Waals surface area (Å²) >= 11 is 1.95. The van der Waals surface area contributed by atoms with Gasteiger partial charge in [0.2, 0.25) is 0 Å². The van der Waals surface area contributed by atoms with Crippen molar-refractivity contribution in [1.82, 2.24) is 9.55 Å². The molecular formula is C31H32F2N2OS. The van der Waals surface area contributed by atoms with Gasteiger partial charge in [-0.15, -0.1) is 0 Å². The minimum atomic E-state index is -0.320. The second-order valence-electron chi connectivity index (χ2n) is 10.2. The van der Waals surface area contributed by atoms with Gasteiger partial charge >= 0.3 is 0 Å². The van der Waals surface area contributed by atoms with Crippen molar-refractivity contribution in [3.05, 3.63) is 93.1 Å². The molecule has 2 aliphatic rings. The second-order valence-corrected chi connectivity index (χ2v) is 11.5. The van der Waals surface area contributed by atoms with Crippen molar-refractivity contribution in [3.63, 3.8) is 0 Å². The van der Waals surface area contributed by atoms with Crippen LogP contribution in [-0.2, 0) is 11.2 Å². The van der Waals surface area contributed by atoms with Crippen LogP contribution in [0.15, 0.2) is 75.7 Å². The predicted octanol–water partition coefficient (Wildman–Crippen LogP) is 8.58. The van der Waals surface area contributed by atoms with E-state index in [1.54, 1.807) is 29.8 Å². The zero-order valence-electron chi connectivity index (χ0n) is 21.4. The lowest BCUT2D eigenvalue weighted by Crippen LogP contribution is -2.13. The van der Waals surface area contributed by atoms with Crippen LogP contribution in [-0.4, -0.2) is 15.3 Å². The molecule has 3 aromatic rings. The number of halogens is 2. The molecule has 0 spiro atoms. The van der Waals surface area contributed by atoms with E-state index in [-0.39, 0.29) is 23.8 Å². The van der Waals surface area contributed by atoms with Crippen LogP contribution in [0, 0.1) is 17.6 Å². The fourth-order valence-corrected chi connectivity index (χ4v) is 6.47. The summed E-state index contributed by atoms with van der Waals surface area (Å²) in [4.78, 5) is 21.0. The number of hydrogen-bond acceptors (Lipinski definition) is 3. The molecule has 0 N–H and O–H groups in total. The first-order chi connectivity index (χ1) is 17.9. The van der Waals surface area contributed by atoms with E-state index < -0.39 is 0 Å². The van der Waals surface area contributed by atoms with Crippen molar-refractivity contribution < 1.29 is 13.6 Å². The highest BCUT2D eigenvalue weighted by Crippen LogP contribution is 2.43. The number of benzene rings is 2. The SMILES string of the molecule is CC1=C(C)SC2=C(CC1)CCC(CC(=O)Cc1nc(-c3ccc(F)cc3)cn1-c1ccc(F)cc1)CC2. The Hall–Kier alpha value is -2.99. The Kier molecular flexibility index (Phi) is 7.75. The van der Waals surface area contributed by atoms with E-state index in [0.29, 0.717) is 23.9 Å². The molecule has 6 heteroatoms. The smallest absolute Gasteiger partial charge is 0.140 e. The van der Waals surface area contributed by atoms with Gasteiger partial charge in [-0.05, 0) is 117 Å². The second kappa shape index (κ2) is 11.2. The summed E-state index contributed by atoms with van der Waals surface area (Å²) in [5.74, 6) is 0.523. The first-order valence-electron chi connectivity index (χ1n) is 13.0. The lowest BCUT2D eigenvalue weighted by Gasteiger charge is -2.14. The van der Waals surface area contributed by atoms with E-state index >= 15 is 0 Å². The van der Waals surface area contributed by atoms with Gasteiger partial charge in [0.1, 0.15) is 23.2 Å². The zero-order chi connectivity index (χ0) is 25.9. The quantitative estimate of drug-likeness (QED) is 0.328. The van der Waals surface area contributed by atoms with Crippen molar-refractivity contribution in [2.24, 2.45) is 5.92 Å². The van der Waals surface area contributed by atoms with Crippen LogP contribution in [0.2, 0.25) is 0 Å². The molecule has 0 amide bonds. The minimum Gasteiger partial charge on any atom is -0.303 e. The Balaban J connectivity index is 1.31. The van der Waals surface area contributed by atoms with E-state index in [4.69, 9.17) is 4.98 Å². The van der Waals surface area contributed by atoms with Gasteiger partial charge in [0, 0.05) is 23.9 Å². The van der Waals surface area contributed by atoms with Crippen LogP contribution in [0.25, 0.3) is 16.9 Å². The number of allylic oxidation sites excluding steroid dienone is 4. The monoisotopic (exact) mass is 518 g/mol. The molecule has 1 aliphatic heterocycles. The first-order valence-corrected chi connectivity index (χ1v) is 13.8. The molecule has 192 valence electrons. The highest BCUT2D eigenvalue weighted by atomic mass is 32.2. The van der Waals surface area contributed by atoms with Crippen LogP contribution >= 0.6 is 11.8 Å². The maximum absolute atomic E-state index is 13.6. The summed E-state index contributed by atoms with van der Waals surface area (Å²) < 4.78 is 28.9. The van der Waals surface area contributed by atoms with Crippen LogP contribution in [0.3, 0.4) is 0 Å². The van der Waals surface area contributed by atoms with Gasteiger partial charge in [-0.25, -0.2) is 13.8 Å². The third-order valence-corrected chi connectivity index (χ3v) is 9.00. The number of carbonyl (C=O) groups is 1. The standard InChI is InChI=1S/C31H32F2N2OS/c1-20-3-6-24-7-4-22(5-16-30(24)37-21(20)2)17-28(36)18-31-34-29(23-8-10-25(32)11-9-23)19-35(31)27-14-12-26(33)13-15-27/h8-15,19,22H,3-7,16-18H2,1-2H3. The van der Waals surface area contributed by atoms with Crippen molar-refractivity contribution in [2.45, 2.75) is 65.2 Å². The number of aromatic nitrogens is 2. The van der Waals surface area contributed by atoms with Gasteiger partial charge in [-0.1, -0.05) is 22.9 Å². The first kappa shape index (κ1) is 25.7. The number of nitrogens with zero attached hydrogens (tertiary/aromatic N) is 2. The number of imidazole rings is 1. The van der Waals surface area contributed by atoms with E-state index in [2.05, 4.69) is 13.8 Å². The number of ketones is 1. The van der Waals surface area contributed by atoms with Gasteiger partial charge in [-0.2, -0.15) is 0 Å². The van der Waals surface area contributed by atoms with Crippen LogP contribution in [0.1, 0.15) is 64.6 Å². The molecule has 1 aromatic heterocycles. The minimum absolute atomic E-state index is 0.168.